The quantitative estimate of drug-likeness (QED) is 0.150. The van der Waals surface area contributed by atoms with Crippen LogP contribution in [-0.4, -0.2) is 121 Å². The molecule has 2 aromatic heterocycles. The fourth-order valence-electron chi connectivity index (χ4n) is 7.25. The summed E-state index contributed by atoms with van der Waals surface area (Å²) in [7, 11) is 0. The van der Waals surface area contributed by atoms with Crippen molar-refractivity contribution in [3.8, 4) is 0 Å². The lowest BCUT2D eigenvalue weighted by Crippen LogP contribution is -2.46. The number of ether oxygens (including phenoxy) is 2. The number of anilines is 2. The number of carbonyl (C=O) groups is 2. The first kappa shape index (κ1) is 41.9. The second-order valence-corrected chi connectivity index (χ2v) is 16.9. The van der Waals surface area contributed by atoms with Crippen molar-refractivity contribution in [1.29, 1.82) is 0 Å². The molecule has 0 unspecified atom stereocenters. The van der Waals surface area contributed by atoms with Gasteiger partial charge in [0, 0.05) is 69.8 Å². The van der Waals surface area contributed by atoms with Gasteiger partial charge in [-0.05, 0) is 92.2 Å². The van der Waals surface area contributed by atoms with E-state index in [0.29, 0.717) is 64.1 Å². The summed E-state index contributed by atoms with van der Waals surface area (Å²) in [6.45, 7) is 17.4. The Morgan fingerprint density at radius 3 is 2.27 bits per heavy atom. The highest BCUT2D eigenvalue weighted by atomic mass is 16.6. The zero-order valence-corrected chi connectivity index (χ0v) is 34.1. The van der Waals surface area contributed by atoms with Gasteiger partial charge in [0.1, 0.15) is 22.7 Å². The van der Waals surface area contributed by atoms with Gasteiger partial charge in [-0.15, -0.1) is 5.10 Å². The summed E-state index contributed by atoms with van der Waals surface area (Å²) in [5, 5.41) is 16.8. The van der Waals surface area contributed by atoms with Crippen LogP contribution in [0, 0.1) is 0 Å². The number of hydrogen-bond acceptors (Lipinski definition) is 12. The highest BCUT2D eigenvalue weighted by Gasteiger charge is 2.30. The van der Waals surface area contributed by atoms with Crippen LogP contribution >= 0.6 is 0 Å². The molecule has 1 saturated heterocycles. The van der Waals surface area contributed by atoms with Gasteiger partial charge in [-0.2, -0.15) is 4.98 Å². The molecule has 2 aliphatic rings. The van der Waals surface area contributed by atoms with E-state index >= 15 is 0 Å². The number of hydrogen-bond donors (Lipinski definition) is 3. The van der Waals surface area contributed by atoms with Gasteiger partial charge in [-0.25, -0.2) is 14.6 Å². The summed E-state index contributed by atoms with van der Waals surface area (Å²) in [6.07, 6.45) is 9.99. The van der Waals surface area contributed by atoms with Crippen LogP contribution in [0.4, 0.5) is 21.4 Å². The fraction of sp³-hybridized carbons (Fsp3) is 0.700. The number of aryl methyl sites for hydroxylation is 1. The number of carbonyl (C=O) groups excluding carboxylic acids is 2. The Bertz CT molecular complexity index is 1660. The van der Waals surface area contributed by atoms with Crippen LogP contribution in [-0.2, 0) is 22.6 Å². The van der Waals surface area contributed by atoms with E-state index in [2.05, 4.69) is 31.9 Å². The van der Waals surface area contributed by atoms with E-state index in [-0.39, 0.29) is 18.2 Å². The van der Waals surface area contributed by atoms with Crippen LogP contribution in [0.25, 0.3) is 10.9 Å². The van der Waals surface area contributed by atoms with Crippen LogP contribution in [0.1, 0.15) is 105 Å². The normalized spacial score (nSPS) is 16.2. The van der Waals surface area contributed by atoms with Crippen molar-refractivity contribution in [3.63, 3.8) is 0 Å². The van der Waals surface area contributed by atoms with Crippen molar-refractivity contribution in [2.75, 3.05) is 56.4 Å². The second kappa shape index (κ2) is 19.6. The molecule has 3 heterocycles. The molecular formula is C40H65N11O4. The van der Waals surface area contributed by atoms with Crippen molar-refractivity contribution in [1.82, 2.24) is 39.7 Å². The third kappa shape index (κ3) is 13.5. The summed E-state index contributed by atoms with van der Waals surface area (Å²) in [5.41, 5.74) is 6.20. The largest absolute Gasteiger partial charge is 0.444 e. The Balaban J connectivity index is 1.15. The second-order valence-electron chi connectivity index (χ2n) is 16.9. The number of likely N-dealkylation sites (tertiary alicyclic amines) is 1. The predicted molar refractivity (Wildman–Crippen MR) is 216 cm³/mol. The predicted octanol–water partition coefficient (Wildman–Crippen LogP) is 6.26. The van der Waals surface area contributed by atoms with Gasteiger partial charge in [-0.3, -0.25) is 4.68 Å². The average molecular weight is 764 g/mol. The molecule has 1 aromatic carbocycles. The van der Waals surface area contributed by atoms with Crippen LogP contribution in [0.5, 0.6) is 0 Å². The molecule has 1 aliphatic carbocycles. The number of nitrogens with two attached hydrogens (primary N) is 1. The molecule has 0 bridgehead atoms. The van der Waals surface area contributed by atoms with Gasteiger partial charge >= 0.3 is 12.2 Å². The van der Waals surface area contributed by atoms with Gasteiger partial charge in [0.15, 0.2) is 0 Å². The number of amides is 2. The first-order valence-electron chi connectivity index (χ1n) is 20.3. The van der Waals surface area contributed by atoms with Gasteiger partial charge in [0.25, 0.3) is 0 Å². The standard InChI is InChI=1S/C40H65N11O4/c1-39(2,3)54-37(52)49(22-13-24-51(32-14-8-7-9-15-32)38(53)55-40(4,5)6)21-12-23-50-29-31(46-47-50)28-42-36-44-34-17-11-10-16-33(34)35(45-36)43-30-18-25-48(26-19-30)27-20-41/h10-11,16-17,29-30,32H,7-9,12-15,18-28,41H2,1-6H3,(H2,42,43,44,45). The number of nitrogens with one attached hydrogen (secondary N) is 2. The molecule has 2 fully saturated rings. The van der Waals surface area contributed by atoms with Gasteiger partial charge in [-0.1, -0.05) is 36.6 Å². The summed E-state index contributed by atoms with van der Waals surface area (Å²) >= 11 is 0. The topological polar surface area (TPSA) is 169 Å². The molecule has 15 nitrogen and oxygen atoms in total. The monoisotopic (exact) mass is 764 g/mol. The van der Waals surface area contributed by atoms with Crippen molar-refractivity contribution < 1.29 is 19.1 Å². The minimum Gasteiger partial charge on any atom is -0.444 e. The maximum atomic E-state index is 13.3. The Morgan fingerprint density at radius 1 is 0.873 bits per heavy atom. The Morgan fingerprint density at radius 2 is 1.56 bits per heavy atom. The van der Waals surface area contributed by atoms with Crippen molar-refractivity contribution >= 4 is 34.9 Å². The molecule has 55 heavy (non-hydrogen) atoms. The third-order valence-electron chi connectivity index (χ3n) is 9.93. The molecule has 0 radical (unpaired) electrons. The zero-order chi connectivity index (χ0) is 39.4. The lowest BCUT2D eigenvalue weighted by Gasteiger charge is -2.36. The highest BCUT2D eigenvalue weighted by molar-refractivity contribution is 5.90. The molecule has 15 heteroatoms. The van der Waals surface area contributed by atoms with Crippen molar-refractivity contribution in [2.24, 2.45) is 5.73 Å². The minimum absolute atomic E-state index is 0.163. The lowest BCUT2D eigenvalue weighted by molar-refractivity contribution is 0.00994. The summed E-state index contributed by atoms with van der Waals surface area (Å²) in [6, 6.07) is 8.55. The molecule has 0 spiro atoms. The van der Waals surface area contributed by atoms with E-state index in [1.54, 1.807) is 9.58 Å². The van der Waals surface area contributed by atoms with Gasteiger partial charge < -0.3 is 40.5 Å². The molecule has 5 rings (SSSR count). The van der Waals surface area contributed by atoms with Crippen LogP contribution in [0.15, 0.2) is 30.5 Å². The van der Waals surface area contributed by atoms with E-state index in [1.807, 2.05) is 70.8 Å². The fourth-order valence-corrected chi connectivity index (χ4v) is 7.25. The number of benzene rings is 1. The van der Waals surface area contributed by atoms with E-state index in [4.69, 9.17) is 25.2 Å². The smallest absolute Gasteiger partial charge is 0.410 e. The number of nitrogens with zero attached hydrogens (tertiary/aromatic N) is 8. The molecule has 1 aliphatic heterocycles. The van der Waals surface area contributed by atoms with Crippen LogP contribution < -0.4 is 16.4 Å². The molecule has 4 N–H and O–H groups in total. The number of para-hydroxylation sites is 1. The van der Waals surface area contributed by atoms with E-state index in [0.717, 1.165) is 80.6 Å². The third-order valence-corrected chi connectivity index (χ3v) is 9.93. The van der Waals surface area contributed by atoms with Crippen LogP contribution in [0.2, 0.25) is 0 Å². The molecule has 3 aromatic rings. The van der Waals surface area contributed by atoms with Gasteiger partial charge in [0.05, 0.1) is 18.3 Å². The number of piperidine rings is 1. The van der Waals surface area contributed by atoms with Crippen LogP contribution in [0.3, 0.4) is 0 Å². The van der Waals surface area contributed by atoms with E-state index < -0.39 is 11.2 Å². The summed E-state index contributed by atoms with van der Waals surface area (Å²) < 4.78 is 13.4. The number of fused-ring (bicyclic) bond motifs is 1. The molecular weight excluding hydrogens is 699 g/mol. The SMILES string of the molecule is CC(C)(C)OC(=O)N(CCCN(C(=O)OC(C)(C)C)C1CCCCC1)CCCn1cc(CNc2nc(NC3CCN(CCN)CC3)c3ccccc3n2)nn1. The zero-order valence-electron chi connectivity index (χ0n) is 34.1. The number of aromatic nitrogens is 5. The average Bonchev–Trinajstić information content (AvgIpc) is 3.59. The first-order valence-corrected chi connectivity index (χ1v) is 20.3. The molecule has 0 atom stereocenters. The minimum atomic E-state index is -0.623. The Labute approximate surface area is 327 Å². The van der Waals surface area contributed by atoms with E-state index in [1.165, 1.54) is 6.42 Å². The summed E-state index contributed by atoms with van der Waals surface area (Å²) in [4.78, 5) is 42.2. The maximum Gasteiger partial charge on any atom is 0.410 e. The Kier molecular flexibility index (Phi) is 14.9. The maximum absolute atomic E-state index is 13.3. The first-order chi connectivity index (χ1) is 26.3. The summed E-state index contributed by atoms with van der Waals surface area (Å²) in [5.74, 6) is 1.35. The molecule has 1 saturated carbocycles. The van der Waals surface area contributed by atoms with Crippen molar-refractivity contribution in [3.05, 3.63) is 36.2 Å². The lowest BCUT2D eigenvalue weighted by atomic mass is 9.94. The molecule has 2 amide bonds. The van der Waals surface area contributed by atoms with Gasteiger partial charge in [0.2, 0.25) is 5.95 Å². The Hall–Kier alpha value is -4.24. The van der Waals surface area contributed by atoms with E-state index in [9.17, 15) is 9.59 Å². The van der Waals surface area contributed by atoms with Crippen molar-refractivity contribution in [2.45, 2.75) is 136 Å². The molecule has 304 valence electrons. The number of rotatable bonds is 16. The highest BCUT2D eigenvalue weighted by Crippen LogP contribution is 2.26.